The van der Waals surface area contributed by atoms with Crippen LogP contribution in [0.2, 0.25) is 0 Å². The molecule has 0 amide bonds. The first-order valence-electron chi connectivity index (χ1n) is 9.48. The summed E-state index contributed by atoms with van der Waals surface area (Å²) in [5.41, 5.74) is 0. The summed E-state index contributed by atoms with van der Waals surface area (Å²) in [5.74, 6) is 2.92. The molecular weight excluding hydrogens is 417 g/mol. The molecule has 140 valence electrons. The van der Waals surface area contributed by atoms with Crippen LogP contribution >= 0.6 is 24.0 Å². The number of rotatable bonds is 5. The van der Waals surface area contributed by atoms with Gasteiger partial charge in [0.15, 0.2) is 5.96 Å². The Morgan fingerprint density at radius 1 is 1.29 bits per heavy atom. The van der Waals surface area contributed by atoms with Crippen LogP contribution in [0.15, 0.2) is 4.99 Å². The molecule has 2 aliphatic carbocycles. The van der Waals surface area contributed by atoms with Crippen molar-refractivity contribution < 1.29 is 9.47 Å². The molecule has 5 nitrogen and oxygen atoms in total. The summed E-state index contributed by atoms with van der Waals surface area (Å²) in [5, 5.41) is 3.75. The quantitative estimate of drug-likeness (QED) is 0.397. The number of hydrogen-bond acceptors (Lipinski definition) is 3. The Hall–Kier alpha value is -0.0800. The van der Waals surface area contributed by atoms with Crippen molar-refractivity contribution in [3.63, 3.8) is 0 Å². The van der Waals surface area contributed by atoms with E-state index in [0.29, 0.717) is 12.6 Å². The zero-order chi connectivity index (χ0) is 16.1. The molecule has 1 aliphatic heterocycles. The first-order valence-corrected chi connectivity index (χ1v) is 9.48. The van der Waals surface area contributed by atoms with Gasteiger partial charge in [-0.25, -0.2) is 0 Å². The minimum absolute atomic E-state index is 0. The number of halogens is 1. The number of methoxy groups -OCH3 is 1. The first kappa shape index (κ1) is 20.2. The largest absolute Gasteiger partial charge is 0.382 e. The molecule has 6 heteroatoms. The Balaban J connectivity index is 0.00000208. The summed E-state index contributed by atoms with van der Waals surface area (Å²) >= 11 is 0. The highest BCUT2D eigenvalue weighted by Crippen LogP contribution is 2.44. The summed E-state index contributed by atoms with van der Waals surface area (Å²) < 4.78 is 11.0. The van der Waals surface area contributed by atoms with E-state index in [1.54, 1.807) is 7.11 Å². The van der Waals surface area contributed by atoms with E-state index in [-0.39, 0.29) is 30.1 Å². The molecule has 1 saturated heterocycles. The minimum atomic E-state index is 0. The van der Waals surface area contributed by atoms with Crippen molar-refractivity contribution in [2.75, 3.05) is 40.0 Å². The summed E-state index contributed by atoms with van der Waals surface area (Å²) in [7, 11) is 1.74. The van der Waals surface area contributed by atoms with E-state index in [1.165, 1.54) is 38.5 Å². The fraction of sp³-hybridized carbons (Fsp3) is 0.944. The third-order valence-corrected chi connectivity index (χ3v) is 5.51. The van der Waals surface area contributed by atoms with Crippen molar-refractivity contribution in [1.82, 2.24) is 10.2 Å². The molecule has 0 spiro atoms. The fourth-order valence-electron chi connectivity index (χ4n) is 4.21. The standard InChI is InChI=1S/C18H33N3O2.HI/c1-3-19-18(21-9-10-23-15(12-21)13-22-2)20-17-11-16(17)14-7-5-4-6-8-14;/h14-17H,3-13H2,1-2H3,(H,19,20);1H. The number of nitrogens with one attached hydrogen (secondary N) is 1. The highest BCUT2D eigenvalue weighted by Gasteiger charge is 2.44. The molecule has 0 bridgehead atoms. The van der Waals surface area contributed by atoms with E-state index in [1.807, 2.05) is 0 Å². The molecule has 0 aromatic carbocycles. The second-order valence-corrected chi connectivity index (χ2v) is 7.24. The summed E-state index contributed by atoms with van der Waals surface area (Å²) in [4.78, 5) is 7.09. The van der Waals surface area contributed by atoms with Crippen LogP contribution in [0.3, 0.4) is 0 Å². The molecular formula is C18H34IN3O2. The molecule has 24 heavy (non-hydrogen) atoms. The highest BCUT2D eigenvalue weighted by atomic mass is 127. The van der Waals surface area contributed by atoms with Crippen LogP contribution in [0, 0.1) is 11.8 Å². The average Bonchev–Trinajstić information content (AvgIpc) is 3.35. The second-order valence-electron chi connectivity index (χ2n) is 7.24. The van der Waals surface area contributed by atoms with Gasteiger partial charge in [-0.3, -0.25) is 4.99 Å². The van der Waals surface area contributed by atoms with Crippen LogP contribution in [-0.4, -0.2) is 63.0 Å². The zero-order valence-electron chi connectivity index (χ0n) is 15.2. The Morgan fingerprint density at radius 2 is 2.08 bits per heavy atom. The smallest absolute Gasteiger partial charge is 0.194 e. The minimum Gasteiger partial charge on any atom is -0.382 e. The maximum absolute atomic E-state index is 5.76. The number of morpholine rings is 1. The van der Waals surface area contributed by atoms with Gasteiger partial charge in [0, 0.05) is 32.8 Å². The van der Waals surface area contributed by atoms with Gasteiger partial charge in [-0.1, -0.05) is 32.1 Å². The van der Waals surface area contributed by atoms with Gasteiger partial charge in [-0.15, -0.1) is 24.0 Å². The lowest BCUT2D eigenvalue weighted by Crippen LogP contribution is -2.52. The van der Waals surface area contributed by atoms with Crippen LogP contribution in [0.4, 0.5) is 0 Å². The Labute approximate surface area is 164 Å². The van der Waals surface area contributed by atoms with Crippen molar-refractivity contribution in [1.29, 1.82) is 0 Å². The zero-order valence-corrected chi connectivity index (χ0v) is 17.5. The lowest BCUT2D eigenvalue weighted by molar-refractivity contribution is -0.0447. The van der Waals surface area contributed by atoms with Gasteiger partial charge in [0.05, 0.1) is 19.3 Å². The Bertz CT molecular complexity index is 400. The molecule has 3 atom stereocenters. The average molecular weight is 451 g/mol. The topological polar surface area (TPSA) is 46.1 Å². The van der Waals surface area contributed by atoms with E-state index in [2.05, 4.69) is 17.1 Å². The van der Waals surface area contributed by atoms with Gasteiger partial charge in [0.25, 0.3) is 0 Å². The molecule has 0 aromatic rings. The van der Waals surface area contributed by atoms with Gasteiger partial charge in [-0.2, -0.15) is 0 Å². The number of nitrogens with zero attached hydrogens (tertiary/aromatic N) is 2. The predicted molar refractivity (Wildman–Crippen MR) is 108 cm³/mol. The van der Waals surface area contributed by atoms with Crippen molar-refractivity contribution in [3.8, 4) is 0 Å². The molecule has 0 aromatic heterocycles. The molecule has 0 radical (unpaired) electrons. The molecule has 1 heterocycles. The van der Waals surface area contributed by atoms with Gasteiger partial charge in [0.2, 0.25) is 0 Å². The monoisotopic (exact) mass is 451 g/mol. The molecule has 1 N–H and O–H groups in total. The maximum Gasteiger partial charge on any atom is 0.194 e. The highest BCUT2D eigenvalue weighted by molar-refractivity contribution is 14.0. The normalized spacial score (nSPS) is 31.5. The molecule has 3 aliphatic rings. The summed E-state index contributed by atoms with van der Waals surface area (Å²) in [6.07, 6.45) is 8.69. The van der Waals surface area contributed by atoms with E-state index in [4.69, 9.17) is 14.5 Å². The fourth-order valence-corrected chi connectivity index (χ4v) is 4.21. The third kappa shape index (κ3) is 5.46. The second kappa shape index (κ2) is 10.2. The van der Waals surface area contributed by atoms with Crippen LogP contribution in [-0.2, 0) is 9.47 Å². The lowest BCUT2D eigenvalue weighted by Gasteiger charge is -2.35. The van der Waals surface area contributed by atoms with E-state index >= 15 is 0 Å². The molecule has 3 fully saturated rings. The lowest BCUT2D eigenvalue weighted by atomic mass is 9.85. The van der Waals surface area contributed by atoms with Crippen LogP contribution in [0.5, 0.6) is 0 Å². The van der Waals surface area contributed by atoms with Gasteiger partial charge in [0.1, 0.15) is 0 Å². The van der Waals surface area contributed by atoms with Crippen molar-refractivity contribution >= 4 is 29.9 Å². The SMILES string of the molecule is CCN=C(NC1CC1C1CCCCC1)N1CCOC(COC)C1.I. The number of ether oxygens (including phenoxy) is 2. The van der Waals surface area contributed by atoms with E-state index < -0.39 is 0 Å². The van der Waals surface area contributed by atoms with Crippen molar-refractivity contribution in [3.05, 3.63) is 0 Å². The van der Waals surface area contributed by atoms with Gasteiger partial charge >= 0.3 is 0 Å². The number of aliphatic imine (C=N–C) groups is 1. The van der Waals surface area contributed by atoms with Crippen LogP contribution in [0.1, 0.15) is 45.4 Å². The van der Waals surface area contributed by atoms with Crippen LogP contribution < -0.4 is 5.32 Å². The third-order valence-electron chi connectivity index (χ3n) is 5.51. The molecule has 3 rings (SSSR count). The first-order chi connectivity index (χ1) is 11.3. The Kier molecular flexibility index (Phi) is 8.57. The van der Waals surface area contributed by atoms with E-state index in [9.17, 15) is 0 Å². The van der Waals surface area contributed by atoms with Gasteiger partial charge < -0.3 is 19.7 Å². The predicted octanol–water partition coefficient (Wildman–Crippen LogP) is 2.89. The maximum atomic E-state index is 5.76. The van der Waals surface area contributed by atoms with Crippen molar-refractivity contribution in [2.45, 2.75) is 57.6 Å². The van der Waals surface area contributed by atoms with Gasteiger partial charge in [-0.05, 0) is 25.2 Å². The van der Waals surface area contributed by atoms with E-state index in [0.717, 1.165) is 44.0 Å². The summed E-state index contributed by atoms with van der Waals surface area (Å²) in [6, 6.07) is 0.645. The summed E-state index contributed by atoms with van der Waals surface area (Å²) in [6.45, 7) is 6.16. The Morgan fingerprint density at radius 3 is 2.79 bits per heavy atom. The molecule has 2 saturated carbocycles. The van der Waals surface area contributed by atoms with Crippen LogP contribution in [0.25, 0.3) is 0 Å². The number of hydrogen-bond donors (Lipinski definition) is 1. The number of guanidine groups is 1. The molecule has 3 unspecified atom stereocenters. The van der Waals surface area contributed by atoms with Crippen molar-refractivity contribution in [2.24, 2.45) is 16.8 Å².